The predicted molar refractivity (Wildman–Crippen MR) is 89.7 cm³/mol. The average Bonchev–Trinajstić information content (AvgIpc) is 2.96. The van der Waals surface area contributed by atoms with E-state index in [1.165, 1.54) is 11.1 Å². The molecule has 2 aromatic rings. The highest BCUT2D eigenvalue weighted by Crippen LogP contribution is 2.30. The Bertz CT molecular complexity index is 705. The maximum atomic E-state index is 12.8. The number of amides is 1. The van der Waals surface area contributed by atoms with Crippen LogP contribution in [-0.2, 0) is 6.42 Å². The first-order valence-corrected chi connectivity index (χ1v) is 8.41. The van der Waals surface area contributed by atoms with E-state index in [0.717, 1.165) is 25.9 Å². The van der Waals surface area contributed by atoms with Crippen LogP contribution in [0.1, 0.15) is 58.9 Å². The number of aryl methyl sites for hydroxylation is 3. The number of hydrogen-bond acceptors (Lipinski definition) is 3. The summed E-state index contributed by atoms with van der Waals surface area (Å²) in [7, 11) is 0. The molecule has 1 fully saturated rings. The Balaban J connectivity index is 1.79. The minimum absolute atomic E-state index is 0.0204. The van der Waals surface area contributed by atoms with Gasteiger partial charge in [0, 0.05) is 25.4 Å². The van der Waals surface area contributed by atoms with Crippen LogP contribution in [0.5, 0.6) is 0 Å². The fraction of sp³-hybridized carbons (Fsp3) is 0.474. The topological polar surface area (TPSA) is 46.3 Å². The molecule has 122 valence electrons. The van der Waals surface area contributed by atoms with Gasteiger partial charge in [-0.15, -0.1) is 0 Å². The van der Waals surface area contributed by atoms with E-state index in [2.05, 4.69) is 36.2 Å². The first-order chi connectivity index (χ1) is 11.1. The molecule has 0 aliphatic carbocycles. The lowest BCUT2D eigenvalue weighted by Gasteiger charge is -2.33. The lowest BCUT2D eigenvalue weighted by molar-refractivity contribution is 0.0672. The molecule has 1 aliphatic rings. The van der Waals surface area contributed by atoms with Gasteiger partial charge in [0.05, 0.1) is 5.69 Å². The first-order valence-electron chi connectivity index (χ1n) is 8.41. The second-order valence-corrected chi connectivity index (χ2v) is 6.32. The molecule has 0 unspecified atom stereocenters. The summed E-state index contributed by atoms with van der Waals surface area (Å²) in [6.45, 7) is 7.52. The molecular weight excluding hydrogens is 288 g/mol. The Kier molecular flexibility index (Phi) is 4.51. The van der Waals surface area contributed by atoms with E-state index in [0.29, 0.717) is 29.7 Å². The van der Waals surface area contributed by atoms with Gasteiger partial charge in [0.15, 0.2) is 5.89 Å². The Labute approximate surface area is 137 Å². The molecule has 0 N–H and O–H groups in total. The number of piperidine rings is 1. The summed E-state index contributed by atoms with van der Waals surface area (Å²) in [5.74, 6) is 1.43. The summed E-state index contributed by atoms with van der Waals surface area (Å²) < 4.78 is 5.64. The summed E-state index contributed by atoms with van der Waals surface area (Å²) in [6, 6.07) is 8.47. The van der Waals surface area contributed by atoms with Gasteiger partial charge >= 0.3 is 0 Å². The molecular formula is C19H24N2O2. The summed E-state index contributed by atoms with van der Waals surface area (Å²) >= 11 is 0. The SMILES string of the molecule is CCc1nc(C)c(C(=O)N2CCC[C@H](c3ccccc3C)C2)o1. The molecule has 2 heterocycles. The third kappa shape index (κ3) is 3.16. The number of benzene rings is 1. The van der Waals surface area contributed by atoms with Crippen LogP contribution < -0.4 is 0 Å². The zero-order valence-corrected chi connectivity index (χ0v) is 14.1. The van der Waals surface area contributed by atoms with E-state index in [4.69, 9.17) is 4.42 Å². The van der Waals surface area contributed by atoms with Gasteiger partial charge < -0.3 is 9.32 Å². The summed E-state index contributed by atoms with van der Waals surface area (Å²) in [6.07, 6.45) is 2.86. The Morgan fingerprint density at radius 3 is 2.83 bits per heavy atom. The quantitative estimate of drug-likeness (QED) is 0.864. The second-order valence-electron chi connectivity index (χ2n) is 6.32. The van der Waals surface area contributed by atoms with Crippen molar-refractivity contribution in [2.75, 3.05) is 13.1 Å². The maximum absolute atomic E-state index is 12.8. The lowest BCUT2D eigenvalue weighted by atomic mass is 9.88. The van der Waals surface area contributed by atoms with Gasteiger partial charge in [0.25, 0.3) is 5.91 Å². The van der Waals surface area contributed by atoms with Crippen LogP contribution in [0.25, 0.3) is 0 Å². The molecule has 0 saturated carbocycles. The number of oxazole rings is 1. The van der Waals surface area contributed by atoms with Gasteiger partial charge in [-0.05, 0) is 37.8 Å². The Morgan fingerprint density at radius 2 is 2.13 bits per heavy atom. The molecule has 0 radical (unpaired) electrons. The zero-order valence-electron chi connectivity index (χ0n) is 14.1. The molecule has 4 heteroatoms. The number of nitrogens with zero attached hydrogens (tertiary/aromatic N) is 2. The minimum Gasteiger partial charge on any atom is -0.435 e. The van der Waals surface area contributed by atoms with Crippen molar-refractivity contribution < 1.29 is 9.21 Å². The van der Waals surface area contributed by atoms with Crippen LogP contribution in [0, 0.1) is 13.8 Å². The number of carbonyl (C=O) groups is 1. The minimum atomic E-state index is -0.0204. The van der Waals surface area contributed by atoms with Crippen molar-refractivity contribution in [2.24, 2.45) is 0 Å². The van der Waals surface area contributed by atoms with Crippen molar-refractivity contribution >= 4 is 5.91 Å². The third-order valence-electron chi connectivity index (χ3n) is 4.67. The third-order valence-corrected chi connectivity index (χ3v) is 4.67. The van der Waals surface area contributed by atoms with Crippen LogP contribution in [0.15, 0.2) is 28.7 Å². The largest absolute Gasteiger partial charge is 0.435 e. The highest BCUT2D eigenvalue weighted by molar-refractivity contribution is 5.92. The van der Waals surface area contributed by atoms with Crippen molar-refractivity contribution in [1.82, 2.24) is 9.88 Å². The molecule has 1 atom stereocenters. The molecule has 0 bridgehead atoms. The van der Waals surface area contributed by atoms with E-state index in [-0.39, 0.29) is 5.91 Å². The van der Waals surface area contributed by atoms with Crippen molar-refractivity contribution in [3.05, 3.63) is 52.7 Å². The highest BCUT2D eigenvalue weighted by Gasteiger charge is 2.29. The van der Waals surface area contributed by atoms with Crippen molar-refractivity contribution in [2.45, 2.75) is 46.0 Å². The van der Waals surface area contributed by atoms with Crippen molar-refractivity contribution in [1.29, 1.82) is 0 Å². The van der Waals surface area contributed by atoms with E-state index in [1.54, 1.807) is 0 Å². The molecule has 0 spiro atoms. The average molecular weight is 312 g/mol. The van der Waals surface area contributed by atoms with Crippen molar-refractivity contribution in [3.8, 4) is 0 Å². The Morgan fingerprint density at radius 1 is 1.35 bits per heavy atom. The van der Waals surface area contributed by atoms with E-state index < -0.39 is 0 Å². The number of aromatic nitrogens is 1. The normalized spacial score (nSPS) is 18.2. The number of hydrogen-bond donors (Lipinski definition) is 0. The monoisotopic (exact) mass is 312 g/mol. The molecule has 3 rings (SSSR count). The van der Waals surface area contributed by atoms with E-state index in [1.807, 2.05) is 18.7 Å². The molecule has 23 heavy (non-hydrogen) atoms. The summed E-state index contributed by atoms with van der Waals surface area (Å²) in [5.41, 5.74) is 3.36. The van der Waals surface area contributed by atoms with Gasteiger partial charge in [0.1, 0.15) is 0 Å². The highest BCUT2D eigenvalue weighted by atomic mass is 16.4. The number of carbonyl (C=O) groups excluding carboxylic acids is 1. The van der Waals surface area contributed by atoms with Gasteiger partial charge in [-0.1, -0.05) is 31.2 Å². The summed E-state index contributed by atoms with van der Waals surface area (Å²) in [5, 5.41) is 0. The zero-order chi connectivity index (χ0) is 16.4. The van der Waals surface area contributed by atoms with Crippen molar-refractivity contribution in [3.63, 3.8) is 0 Å². The molecule has 1 saturated heterocycles. The van der Waals surface area contributed by atoms with E-state index in [9.17, 15) is 4.79 Å². The number of rotatable bonds is 3. The number of likely N-dealkylation sites (tertiary alicyclic amines) is 1. The van der Waals surface area contributed by atoms with Gasteiger partial charge in [0.2, 0.25) is 5.76 Å². The van der Waals surface area contributed by atoms with Crippen LogP contribution in [0.2, 0.25) is 0 Å². The Hall–Kier alpha value is -2.10. The molecule has 1 aromatic carbocycles. The van der Waals surface area contributed by atoms with Gasteiger partial charge in [-0.25, -0.2) is 4.98 Å². The lowest BCUT2D eigenvalue weighted by Crippen LogP contribution is -2.39. The predicted octanol–water partition coefficient (Wildman–Crippen LogP) is 3.87. The molecule has 4 nitrogen and oxygen atoms in total. The molecule has 1 aromatic heterocycles. The van der Waals surface area contributed by atoms with Gasteiger partial charge in [-0.3, -0.25) is 4.79 Å². The molecule has 1 amide bonds. The molecule has 1 aliphatic heterocycles. The second kappa shape index (κ2) is 6.57. The smallest absolute Gasteiger partial charge is 0.291 e. The maximum Gasteiger partial charge on any atom is 0.291 e. The van der Waals surface area contributed by atoms with Crippen LogP contribution in [-0.4, -0.2) is 28.9 Å². The van der Waals surface area contributed by atoms with Crippen LogP contribution in [0.4, 0.5) is 0 Å². The standard InChI is InChI=1S/C19H24N2O2/c1-4-17-20-14(3)18(23-17)19(22)21-11-7-9-15(12-21)16-10-6-5-8-13(16)2/h5-6,8,10,15H,4,7,9,11-12H2,1-3H3/t15-/m0/s1. The first kappa shape index (κ1) is 15.8. The van der Waals surface area contributed by atoms with Crippen LogP contribution in [0.3, 0.4) is 0 Å². The van der Waals surface area contributed by atoms with Gasteiger partial charge in [-0.2, -0.15) is 0 Å². The fourth-order valence-corrected chi connectivity index (χ4v) is 3.41. The van der Waals surface area contributed by atoms with E-state index >= 15 is 0 Å². The van der Waals surface area contributed by atoms with Crippen LogP contribution >= 0.6 is 0 Å². The fourth-order valence-electron chi connectivity index (χ4n) is 3.41. The summed E-state index contributed by atoms with van der Waals surface area (Å²) in [4.78, 5) is 19.1.